The molecule has 1 heterocycles. The number of nitrogens with one attached hydrogen (secondary N) is 1. The van der Waals surface area contributed by atoms with Gasteiger partial charge in [0.1, 0.15) is 11.6 Å². The molecule has 2 amide bonds. The summed E-state index contributed by atoms with van der Waals surface area (Å²) in [5.41, 5.74) is 1.98. The highest BCUT2D eigenvalue weighted by molar-refractivity contribution is 7.89. The molecule has 0 radical (unpaired) electrons. The third kappa shape index (κ3) is 4.97. The molecule has 0 saturated carbocycles. The van der Waals surface area contributed by atoms with Crippen molar-refractivity contribution in [2.75, 3.05) is 32.7 Å². The van der Waals surface area contributed by atoms with Crippen molar-refractivity contribution in [2.24, 2.45) is 0 Å². The van der Waals surface area contributed by atoms with E-state index in [-0.39, 0.29) is 43.2 Å². The maximum atomic E-state index is 13.7. The van der Waals surface area contributed by atoms with Crippen molar-refractivity contribution in [1.82, 2.24) is 14.5 Å². The van der Waals surface area contributed by atoms with Crippen LogP contribution >= 0.6 is 0 Å². The second kappa shape index (κ2) is 9.33. The molecular formula is C22H25F2N3O4S. The minimum Gasteiger partial charge on any atom is -0.343 e. The van der Waals surface area contributed by atoms with Crippen LogP contribution in [0.2, 0.25) is 0 Å². The van der Waals surface area contributed by atoms with E-state index in [2.05, 4.69) is 5.32 Å². The van der Waals surface area contributed by atoms with E-state index in [4.69, 9.17) is 0 Å². The zero-order valence-electron chi connectivity index (χ0n) is 18.1. The first-order chi connectivity index (χ1) is 15.0. The Hall–Kier alpha value is -2.85. The van der Waals surface area contributed by atoms with Crippen LogP contribution in [0.3, 0.4) is 0 Å². The molecule has 0 atom stereocenters. The molecule has 1 saturated heterocycles. The Labute approximate surface area is 186 Å². The molecule has 2 aromatic rings. The van der Waals surface area contributed by atoms with Crippen molar-refractivity contribution >= 4 is 21.8 Å². The number of carbonyl (C=O) groups is 2. The summed E-state index contributed by atoms with van der Waals surface area (Å²) in [5, 5.41) is 2.32. The van der Waals surface area contributed by atoms with Crippen LogP contribution in [-0.4, -0.2) is 62.2 Å². The van der Waals surface area contributed by atoms with Crippen LogP contribution in [0.5, 0.6) is 0 Å². The van der Waals surface area contributed by atoms with Gasteiger partial charge in [0.25, 0.3) is 5.91 Å². The van der Waals surface area contributed by atoms with Gasteiger partial charge in [-0.1, -0.05) is 17.7 Å². The van der Waals surface area contributed by atoms with Crippen LogP contribution < -0.4 is 5.32 Å². The quantitative estimate of drug-likeness (QED) is 0.733. The van der Waals surface area contributed by atoms with E-state index in [1.54, 1.807) is 13.8 Å². The van der Waals surface area contributed by atoms with Gasteiger partial charge in [0.2, 0.25) is 15.9 Å². The van der Waals surface area contributed by atoms with Gasteiger partial charge in [0, 0.05) is 32.2 Å². The largest absolute Gasteiger partial charge is 0.343 e. The summed E-state index contributed by atoms with van der Waals surface area (Å²) in [6.07, 6.45) is 0. The lowest BCUT2D eigenvalue weighted by Gasteiger charge is -2.34. The van der Waals surface area contributed by atoms with Gasteiger partial charge in [-0.25, -0.2) is 17.2 Å². The van der Waals surface area contributed by atoms with Crippen LogP contribution in [0, 0.1) is 32.4 Å². The number of amides is 2. The fraction of sp³-hybridized carbons (Fsp3) is 0.364. The number of aryl methyl sites for hydroxylation is 3. The van der Waals surface area contributed by atoms with Gasteiger partial charge < -0.3 is 10.2 Å². The Morgan fingerprint density at radius 3 is 2.12 bits per heavy atom. The molecule has 172 valence electrons. The Balaban J connectivity index is 1.59. The molecule has 32 heavy (non-hydrogen) atoms. The molecule has 0 aliphatic carbocycles. The highest BCUT2D eigenvalue weighted by Gasteiger charge is 2.32. The number of rotatable bonds is 5. The van der Waals surface area contributed by atoms with Crippen LogP contribution in [0.4, 0.5) is 8.78 Å². The van der Waals surface area contributed by atoms with Crippen molar-refractivity contribution in [2.45, 2.75) is 25.7 Å². The number of carbonyl (C=O) groups excluding carboxylic acids is 2. The molecule has 0 aromatic heterocycles. The highest BCUT2D eigenvalue weighted by atomic mass is 32.2. The maximum Gasteiger partial charge on any atom is 0.254 e. The second-order valence-corrected chi connectivity index (χ2v) is 9.69. The van der Waals surface area contributed by atoms with E-state index < -0.39 is 33.5 Å². The summed E-state index contributed by atoms with van der Waals surface area (Å²) in [7, 11) is -3.71. The fourth-order valence-electron chi connectivity index (χ4n) is 3.92. The van der Waals surface area contributed by atoms with Crippen molar-refractivity contribution < 1.29 is 26.8 Å². The highest BCUT2D eigenvalue weighted by Crippen LogP contribution is 2.26. The fourth-order valence-corrected chi connectivity index (χ4v) is 5.75. The summed E-state index contributed by atoms with van der Waals surface area (Å²) in [5.74, 6) is -3.07. The zero-order chi connectivity index (χ0) is 23.6. The van der Waals surface area contributed by atoms with Crippen LogP contribution in [-0.2, 0) is 14.8 Å². The molecule has 1 aliphatic rings. The van der Waals surface area contributed by atoms with E-state index in [9.17, 15) is 26.8 Å². The lowest BCUT2D eigenvalue weighted by Crippen LogP contribution is -2.52. The number of piperazine rings is 1. The van der Waals surface area contributed by atoms with Crippen LogP contribution in [0.25, 0.3) is 0 Å². The number of hydrogen-bond acceptors (Lipinski definition) is 4. The summed E-state index contributed by atoms with van der Waals surface area (Å²) in [4.78, 5) is 26.2. The van der Waals surface area contributed by atoms with Gasteiger partial charge in [-0.3, -0.25) is 9.59 Å². The van der Waals surface area contributed by atoms with E-state index >= 15 is 0 Å². The first-order valence-electron chi connectivity index (χ1n) is 10.1. The first-order valence-corrected chi connectivity index (χ1v) is 11.5. The topological polar surface area (TPSA) is 86.8 Å². The minimum atomic E-state index is -3.71. The Bertz CT molecular complexity index is 1140. The summed E-state index contributed by atoms with van der Waals surface area (Å²) >= 11 is 0. The predicted molar refractivity (Wildman–Crippen MR) is 115 cm³/mol. The summed E-state index contributed by atoms with van der Waals surface area (Å²) < 4.78 is 54.3. The molecule has 3 rings (SSSR count). The van der Waals surface area contributed by atoms with E-state index in [1.807, 2.05) is 19.1 Å². The number of benzene rings is 2. The Morgan fingerprint density at radius 2 is 1.56 bits per heavy atom. The summed E-state index contributed by atoms with van der Waals surface area (Å²) in [6.45, 7) is 5.65. The lowest BCUT2D eigenvalue weighted by atomic mass is 10.1. The van der Waals surface area contributed by atoms with Crippen molar-refractivity contribution in [3.63, 3.8) is 0 Å². The molecule has 1 fully saturated rings. The normalized spacial score (nSPS) is 15.0. The zero-order valence-corrected chi connectivity index (χ0v) is 18.9. The number of sulfonamides is 1. The lowest BCUT2D eigenvalue weighted by molar-refractivity contribution is -0.131. The van der Waals surface area contributed by atoms with Gasteiger partial charge in [0.15, 0.2) is 0 Å². The van der Waals surface area contributed by atoms with Crippen LogP contribution in [0.15, 0.2) is 35.2 Å². The van der Waals surface area contributed by atoms with Gasteiger partial charge in [-0.05, 0) is 44.0 Å². The molecule has 1 aliphatic heterocycles. The molecule has 0 spiro atoms. The Kier molecular flexibility index (Phi) is 6.94. The van der Waals surface area contributed by atoms with E-state index in [0.717, 1.165) is 17.7 Å². The van der Waals surface area contributed by atoms with Crippen molar-refractivity contribution in [1.29, 1.82) is 0 Å². The van der Waals surface area contributed by atoms with Gasteiger partial charge in [0.05, 0.1) is 17.0 Å². The van der Waals surface area contributed by atoms with Gasteiger partial charge >= 0.3 is 0 Å². The number of hydrogen-bond donors (Lipinski definition) is 1. The third-order valence-electron chi connectivity index (χ3n) is 5.37. The van der Waals surface area contributed by atoms with Crippen molar-refractivity contribution in [3.05, 3.63) is 64.2 Å². The minimum absolute atomic E-state index is 0.126. The molecule has 1 N–H and O–H groups in total. The summed E-state index contributed by atoms with van der Waals surface area (Å²) in [6, 6.07) is 6.20. The average Bonchev–Trinajstić information content (AvgIpc) is 2.71. The molecule has 7 nitrogen and oxygen atoms in total. The number of nitrogens with zero attached hydrogens (tertiary/aromatic N) is 2. The molecular weight excluding hydrogens is 440 g/mol. The predicted octanol–water partition coefficient (Wildman–Crippen LogP) is 2.15. The molecule has 2 aromatic carbocycles. The van der Waals surface area contributed by atoms with Crippen LogP contribution in [0.1, 0.15) is 27.0 Å². The Morgan fingerprint density at radius 1 is 0.969 bits per heavy atom. The third-order valence-corrected chi connectivity index (χ3v) is 7.57. The SMILES string of the molecule is Cc1cc(C)c(S(=O)(=O)N2CCN(C(=O)CNC(=O)c3ccc(F)cc3F)CC2)c(C)c1. The van der Waals surface area contributed by atoms with Crippen molar-refractivity contribution in [3.8, 4) is 0 Å². The maximum absolute atomic E-state index is 13.7. The smallest absolute Gasteiger partial charge is 0.254 e. The van der Waals surface area contributed by atoms with E-state index in [0.29, 0.717) is 17.2 Å². The van der Waals surface area contributed by atoms with Gasteiger partial charge in [-0.2, -0.15) is 4.31 Å². The van der Waals surface area contributed by atoms with E-state index in [1.165, 1.54) is 9.21 Å². The first kappa shape index (κ1) is 23.8. The standard InChI is InChI=1S/C22H25F2N3O4S/c1-14-10-15(2)21(16(3)11-14)32(30,31)27-8-6-26(7-9-27)20(28)13-25-22(29)18-5-4-17(23)12-19(18)24/h4-5,10-12H,6-9,13H2,1-3H3,(H,25,29). The second-order valence-electron chi connectivity index (χ2n) is 7.82. The average molecular weight is 466 g/mol. The monoisotopic (exact) mass is 465 g/mol. The van der Waals surface area contributed by atoms with Gasteiger partial charge in [-0.15, -0.1) is 0 Å². The molecule has 0 bridgehead atoms. The molecule has 10 heteroatoms. The molecule has 0 unspecified atom stereocenters. The number of halogens is 2.